The number of hydrogen-bond donors (Lipinski definition) is 1. The van der Waals surface area contributed by atoms with Crippen LogP contribution >= 0.6 is 0 Å². The zero-order valence-electron chi connectivity index (χ0n) is 17.9. The van der Waals surface area contributed by atoms with Gasteiger partial charge in [-0.3, -0.25) is 14.6 Å². The minimum Gasteiger partial charge on any atom is -0.296 e. The molecule has 1 aliphatic heterocycles. The van der Waals surface area contributed by atoms with Gasteiger partial charge in [0.25, 0.3) is 0 Å². The molecular weight excluding hydrogens is 406 g/mol. The van der Waals surface area contributed by atoms with Gasteiger partial charge in [-0.2, -0.15) is 0 Å². The van der Waals surface area contributed by atoms with E-state index in [9.17, 15) is 8.42 Å². The van der Waals surface area contributed by atoms with Crippen molar-refractivity contribution in [2.75, 3.05) is 17.5 Å². The van der Waals surface area contributed by atoms with Crippen molar-refractivity contribution in [1.29, 1.82) is 0 Å². The van der Waals surface area contributed by atoms with Gasteiger partial charge in [-0.25, -0.2) is 8.42 Å². The third-order valence-electron chi connectivity index (χ3n) is 7.10. The molecule has 2 unspecified atom stereocenters. The molecular formula is C25H29N3O2S. The topological polar surface area (TPSA) is 62.3 Å². The van der Waals surface area contributed by atoms with E-state index in [2.05, 4.69) is 51.0 Å². The smallest absolute Gasteiger partial charge is 0.229 e. The molecule has 2 bridgehead atoms. The van der Waals surface area contributed by atoms with E-state index in [1.54, 1.807) is 0 Å². The summed E-state index contributed by atoms with van der Waals surface area (Å²) in [6.45, 7) is 2.02. The summed E-state index contributed by atoms with van der Waals surface area (Å²) in [6.07, 6.45) is 8.99. The molecule has 2 aromatic carbocycles. The molecule has 2 atom stereocenters. The number of benzene rings is 2. The lowest BCUT2D eigenvalue weighted by Gasteiger charge is -2.51. The van der Waals surface area contributed by atoms with Crippen LogP contribution in [-0.4, -0.2) is 37.1 Å². The predicted molar refractivity (Wildman–Crippen MR) is 126 cm³/mol. The molecule has 5 rings (SSSR count). The molecule has 2 fully saturated rings. The molecule has 5 nitrogen and oxygen atoms in total. The van der Waals surface area contributed by atoms with Crippen LogP contribution in [0.5, 0.6) is 0 Å². The first-order valence-electron chi connectivity index (χ1n) is 11.1. The Balaban J connectivity index is 1.38. The minimum atomic E-state index is -3.27. The number of para-hydroxylation sites is 1. The van der Waals surface area contributed by atoms with Gasteiger partial charge in [-0.15, -0.1) is 0 Å². The van der Waals surface area contributed by atoms with Crippen LogP contribution < -0.4 is 4.72 Å². The van der Waals surface area contributed by atoms with Crippen molar-refractivity contribution in [3.05, 3.63) is 71.9 Å². The summed E-state index contributed by atoms with van der Waals surface area (Å²) in [7, 11) is -3.27. The molecule has 0 amide bonds. The predicted octanol–water partition coefficient (Wildman–Crippen LogP) is 4.69. The van der Waals surface area contributed by atoms with E-state index < -0.39 is 10.0 Å². The standard InChI is InChI=1S/C25H29N3O2S/c1-31(29,30)27-21-7-4-6-20(16-21)25-12-5-8-22(17-25)28(15-13-25)18-19-11-14-26-24-10-3-2-9-23(19)24/h2-4,6-7,9-11,14,16,22,27H,5,8,12-13,15,17-18H2,1H3. The Morgan fingerprint density at radius 2 is 2.00 bits per heavy atom. The van der Waals surface area contributed by atoms with Crippen LogP contribution in [-0.2, 0) is 22.0 Å². The molecule has 3 aromatic rings. The number of anilines is 1. The number of pyridine rings is 1. The number of likely N-dealkylation sites (tertiary alicyclic amines) is 1. The van der Waals surface area contributed by atoms with Crippen LogP contribution in [0.15, 0.2) is 60.8 Å². The average Bonchev–Trinajstić information content (AvgIpc) is 2.75. The summed E-state index contributed by atoms with van der Waals surface area (Å²) in [5, 5.41) is 1.25. The molecule has 2 aliphatic rings. The van der Waals surface area contributed by atoms with Crippen molar-refractivity contribution in [3.8, 4) is 0 Å². The Morgan fingerprint density at radius 1 is 1.13 bits per heavy atom. The van der Waals surface area contributed by atoms with Crippen LogP contribution in [0, 0.1) is 0 Å². The maximum atomic E-state index is 11.7. The second-order valence-electron chi connectivity index (χ2n) is 9.19. The number of sulfonamides is 1. The highest BCUT2D eigenvalue weighted by Gasteiger charge is 2.43. The van der Waals surface area contributed by atoms with Gasteiger partial charge >= 0.3 is 0 Å². The SMILES string of the molecule is CS(=O)(=O)Nc1cccc(C23CCCC(C2)N(Cc2ccnc4ccccc24)CC3)c1. The Kier molecular flexibility index (Phi) is 5.22. The van der Waals surface area contributed by atoms with Crippen LogP contribution in [0.1, 0.15) is 43.2 Å². The van der Waals surface area contributed by atoms with Gasteiger partial charge < -0.3 is 0 Å². The van der Waals surface area contributed by atoms with Crippen molar-refractivity contribution >= 4 is 26.6 Å². The Hall–Kier alpha value is -2.44. The lowest BCUT2D eigenvalue weighted by Crippen LogP contribution is -2.51. The van der Waals surface area contributed by atoms with Crippen LogP contribution in [0.4, 0.5) is 5.69 Å². The monoisotopic (exact) mass is 435 g/mol. The van der Waals surface area contributed by atoms with Crippen LogP contribution in [0.25, 0.3) is 10.9 Å². The van der Waals surface area contributed by atoms with E-state index in [0.717, 1.165) is 31.4 Å². The maximum absolute atomic E-state index is 11.7. The molecule has 6 heteroatoms. The molecule has 0 radical (unpaired) electrons. The lowest BCUT2D eigenvalue weighted by molar-refractivity contribution is 0.0462. The summed E-state index contributed by atoms with van der Waals surface area (Å²) >= 11 is 0. The molecule has 31 heavy (non-hydrogen) atoms. The van der Waals surface area contributed by atoms with Gasteiger partial charge in [0.1, 0.15) is 0 Å². The number of nitrogens with zero attached hydrogens (tertiary/aromatic N) is 2. The number of hydrogen-bond acceptors (Lipinski definition) is 4. The third kappa shape index (κ3) is 4.19. The Morgan fingerprint density at radius 3 is 2.87 bits per heavy atom. The van der Waals surface area contributed by atoms with E-state index in [1.165, 1.54) is 42.0 Å². The molecule has 1 saturated heterocycles. The molecule has 1 N–H and O–H groups in total. The quantitative estimate of drug-likeness (QED) is 0.631. The van der Waals surface area contributed by atoms with Crippen LogP contribution in [0.2, 0.25) is 0 Å². The van der Waals surface area contributed by atoms with E-state index >= 15 is 0 Å². The maximum Gasteiger partial charge on any atom is 0.229 e. The Bertz CT molecular complexity index is 1200. The van der Waals surface area contributed by atoms with Gasteiger partial charge in [-0.1, -0.05) is 36.8 Å². The van der Waals surface area contributed by atoms with Crippen molar-refractivity contribution in [1.82, 2.24) is 9.88 Å². The summed E-state index contributed by atoms with van der Waals surface area (Å²) in [5.41, 5.74) is 4.50. The van der Waals surface area contributed by atoms with Gasteiger partial charge in [0.05, 0.1) is 11.8 Å². The van der Waals surface area contributed by atoms with Crippen molar-refractivity contribution in [2.24, 2.45) is 0 Å². The minimum absolute atomic E-state index is 0.148. The fraction of sp³-hybridized carbons (Fsp3) is 0.400. The largest absolute Gasteiger partial charge is 0.296 e. The Labute approximate surface area is 184 Å². The molecule has 162 valence electrons. The summed E-state index contributed by atoms with van der Waals surface area (Å²) in [5.74, 6) is 0. The van der Waals surface area contributed by atoms with E-state index in [0.29, 0.717) is 11.7 Å². The summed E-state index contributed by atoms with van der Waals surface area (Å²) in [4.78, 5) is 7.16. The first-order valence-corrected chi connectivity index (χ1v) is 13.0. The van der Waals surface area contributed by atoms with Gasteiger partial charge in [0.2, 0.25) is 10.0 Å². The van der Waals surface area contributed by atoms with Crippen molar-refractivity contribution in [2.45, 2.75) is 50.1 Å². The van der Waals surface area contributed by atoms with Gasteiger partial charge in [0.15, 0.2) is 0 Å². The summed E-state index contributed by atoms with van der Waals surface area (Å²) in [6, 6.07) is 19.2. The van der Waals surface area contributed by atoms with E-state index in [1.807, 2.05) is 24.4 Å². The zero-order chi connectivity index (χ0) is 21.5. The zero-order valence-corrected chi connectivity index (χ0v) is 18.7. The van der Waals surface area contributed by atoms with Crippen LogP contribution in [0.3, 0.4) is 0 Å². The first kappa shape index (κ1) is 20.5. The summed E-state index contributed by atoms with van der Waals surface area (Å²) < 4.78 is 26.0. The van der Waals surface area contributed by atoms with Gasteiger partial charge in [0, 0.05) is 29.9 Å². The second-order valence-corrected chi connectivity index (χ2v) is 10.9. The number of nitrogens with one attached hydrogen (secondary N) is 1. The fourth-order valence-corrected chi connectivity index (χ4v) is 6.22. The number of rotatable bonds is 5. The highest BCUT2D eigenvalue weighted by atomic mass is 32.2. The third-order valence-corrected chi connectivity index (χ3v) is 7.71. The highest BCUT2D eigenvalue weighted by molar-refractivity contribution is 7.92. The molecule has 2 heterocycles. The molecule has 0 spiro atoms. The fourth-order valence-electron chi connectivity index (χ4n) is 5.66. The highest BCUT2D eigenvalue weighted by Crippen LogP contribution is 2.47. The molecule has 1 aliphatic carbocycles. The van der Waals surface area contributed by atoms with E-state index in [-0.39, 0.29) is 5.41 Å². The average molecular weight is 436 g/mol. The molecule has 1 aromatic heterocycles. The van der Waals surface area contributed by atoms with Crippen molar-refractivity contribution < 1.29 is 8.42 Å². The first-order chi connectivity index (χ1) is 14.9. The lowest BCUT2D eigenvalue weighted by atomic mass is 9.63. The van der Waals surface area contributed by atoms with E-state index in [4.69, 9.17) is 0 Å². The number of piperidine rings is 1. The van der Waals surface area contributed by atoms with Crippen molar-refractivity contribution in [3.63, 3.8) is 0 Å². The second kappa shape index (κ2) is 7.92. The number of aromatic nitrogens is 1. The normalized spacial score (nSPS) is 24.2. The van der Waals surface area contributed by atoms with Gasteiger partial charge in [-0.05, 0) is 73.0 Å². The number of fused-ring (bicyclic) bond motifs is 3. The molecule has 1 saturated carbocycles.